The summed E-state index contributed by atoms with van der Waals surface area (Å²) < 4.78 is 0. The zero-order chi connectivity index (χ0) is 13.2. The first-order valence-corrected chi connectivity index (χ1v) is 6.87. The molecule has 3 rings (SSSR count). The van der Waals surface area contributed by atoms with E-state index >= 15 is 0 Å². The fraction of sp³-hybridized carbons (Fsp3) is 0.353. The second kappa shape index (κ2) is 5.03. The van der Waals surface area contributed by atoms with E-state index in [0.717, 1.165) is 23.8 Å². The van der Waals surface area contributed by atoms with Crippen LogP contribution in [-0.2, 0) is 0 Å². The van der Waals surface area contributed by atoms with Crippen molar-refractivity contribution in [3.05, 3.63) is 47.5 Å². The monoisotopic (exact) mass is 251 g/mol. The van der Waals surface area contributed by atoms with Gasteiger partial charge in [0.05, 0.1) is 11.6 Å². The number of benzene rings is 2. The fourth-order valence-electron chi connectivity index (χ4n) is 3.41. The van der Waals surface area contributed by atoms with Gasteiger partial charge in [0.15, 0.2) is 0 Å². The molecule has 0 bridgehead atoms. The van der Waals surface area contributed by atoms with Gasteiger partial charge in [-0.05, 0) is 47.1 Å². The molecule has 2 aromatic rings. The molecule has 0 aliphatic heterocycles. The summed E-state index contributed by atoms with van der Waals surface area (Å²) in [6.45, 7) is 0.263. The number of aliphatic hydroxyl groups excluding tert-OH is 1. The second-order valence-corrected chi connectivity index (χ2v) is 5.34. The molecule has 96 valence electrons. The topological polar surface area (TPSA) is 44.0 Å². The second-order valence-electron chi connectivity index (χ2n) is 5.34. The van der Waals surface area contributed by atoms with Crippen LogP contribution in [0.25, 0.3) is 10.8 Å². The van der Waals surface area contributed by atoms with Gasteiger partial charge >= 0.3 is 0 Å². The van der Waals surface area contributed by atoms with E-state index in [1.54, 1.807) is 0 Å². The first-order valence-electron chi connectivity index (χ1n) is 6.87. The molecule has 0 spiro atoms. The summed E-state index contributed by atoms with van der Waals surface area (Å²) in [6.07, 6.45) is 3.43. The number of hydrogen-bond acceptors (Lipinski definition) is 2. The van der Waals surface area contributed by atoms with E-state index in [9.17, 15) is 10.4 Å². The van der Waals surface area contributed by atoms with Crippen LogP contribution in [0.1, 0.15) is 36.3 Å². The summed E-state index contributed by atoms with van der Waals surface area (Å²) in [6, 6.07) is 14.4. The molecule has 2 aromatic carbocycles. The van der Waals surface area contributed by atoms with E-state index in [1.165, 1.54) is 17.4 Å². The Morgan fingerprint density at radius 3 is 2.63 bits per heavy atom. The molecule has 2 nitrogen and oxygen atoms in total. The molecule has 1 aliphatic carbocycles. The largest absolute Gasteiger partial charge is 0.396 e. The average Bonchev–Trinajstić information content (AvgIpc) is 2.94. The minimum absolute atomic E-state index is 0.263. The lowest BCUT2D eigenvalue weighted by Crippen LogP contribution is -2.11. The maximum Gasteiger partial charge on any atom is 0.0998 e. The number of hydrogen-bond donors (Lipinski definition) is 1. The van der Waals surface area contributed by atoms with Crippen LogP contribution in [0.5, 0.6) is 0 Å². The van der Waals surface area contributed by atoms with Gasteiger partial charge in [0.25, 0.3) is 0 Å². The molecule has 2 atom stereocenters. The van der Waals surface area contributed by atoms with Gasteiger partial charge in [-0.15, -0.1) is 0 Å². The summed E-state index contributed by atoms with van der Waals surface area (Å²) in [4.78, 5) is 0. The number of rotatable bonds is 2. The van der Waals surface area contributed by atoms with Gasteiger partial charge in [-0.1, -0.05) is 36.8 Å². The van der Waals surface area contributed by atoms with E-state index in [4.69, 9.17) is 0 Å². The minimum Gasteiger partial charge on any atom is -0.396 e. The highest BCUT2D eigenvalue weighted by atomic mass is 16.3. The van der Waals surface area contributed by atoms with Crippen molar-refractivity contribution >= 4 is 10.8 Å². The van der Waals surface area contributed by atoms with Crippen LogP contribution < -0.4 is 0 Å². The van der Waals surface area contributed by atoms with Crippen molar-refractivity contribution < 1.29 is 5.11 Å². The molecule has 0 amide bonds. The Bertz CT molecular complexity index is 641. The van der Waals surface area contributed by atoms with Crippen molar-refractivity contribution in [1.29, 1.82) is 5.26 Å². The van der Waals surface area contributed by atoms with Crippen LogP contribution >= 0.6 is 0 Å². The number of aliphatic hydroxyl groups is 1. The Hall–Kier alpha value is -1.85. The maximum absolute atomic E-state index is 9.52. The van der Waals surface area contributed by atoms with Gasteiger partial charge in [-0.3, -0.25) is 0 Å². The third kappa shape index (κ3) is 2.01. The van der Waals surface area contributed by atoms with Crippen LogP contribution in [0.4, 0.5) is 0 Å². The lowest BCUT2D eigenvalue weighted by atomic mass is 9.85. The lowest BCUT2D eigenvalue weighted by Gasteiger charge is -2.20. The van der Waals surface area contributed by atoms with Crippen LogP contribution in [0.15, 0.2) is 36.4 Å². The van der Waals surface area contributed by atoms with Crippen molar-refractivity contribution in [1.82, 2.24) is 0 Å². The van der Waals surface area contributed by atoms with E-state index in [0.29, 0.717) is 11.8 Å². The maximum atomic E-state index is 9.52. The smallest absolute Gasteiger partial charge is 0.0998 e. The number of fused-ring (bicyclic) bond motifs is 1. The Balaban J connectivity index is 2.17. The van der Waals surface area contributed by atoms with Crippen LogP contribution in [0.3, 0.4) is 0 Å². The quantitative estimate of drug-likeness (QED) is 0.886. The van der Waals surface area contributed by atoms with Crippen LogP contribution in [0, 0.1) is 17.2 Å². The molecule has 0 radical (unpaired) electrons. The molecule has 1 saturated carbocycles. The highest BCUT2D eigenvalue weighted by molar-refractivity contribution is 5.91. The fourth-order valence-corrected chi connectivity index (χ4v) is 3.41. The third-order valence-corrected chi connectivity index (χ3v) is 4.37. The highest BCUT2D eigenvalue weighted by Crippen LogP contribution is 2.42. The average molecular weight is 251 g/mol. The molecule has 0 aromatic heterocycles. The van der Waals surface area contributed by atoms with Gasteiger partial charge in [0.1, 0.15) is 0 Å². The summed E-state index contributed by atoms with van der Waals surface area (Å²) in [5, 5.41) is 20.9. The molecular weight excluding hydrogens is 234 g/mol. The number of nitrogens with zero attached hydrogens (tertiary/aromatic N) is 1. The van der Waals surface area contributed by atoms with Gasteiger partial charge in [0, 0.05) is 6.61 Å². The predicted molar refractivity (Wildman–Crippen MR) is 75.8 cm³/mol. The van der Waals surface area contributed by atoms with Crippen LogP contribution in [-0.4, -0.2) is 11.7 Å². The molecule has 1 fully saturated rings. The van der Waals surface area contributed by atoms with Gasteiger partial charge in [0.2, 0.25) is 0 Å². The van der Waals surface area contributed by atoms with Crippen molar-refractivity contribution in [2.45, 2.75) is 25.2 Å². The van der Waals surface area contributed by atoms with E-state index in [-0.39, 0.29) is 6.61 Å². The van der Waals surface area contributed by atoms with Crippen molar-refractivity contribution in [3.8, 4) is 6.07 Å². The normalized spacial score (nSPS) is 22.5. The molecule has 19 heavy (non-hydrogen) atoms. The van der Waals surface area contributed by atoms with Crippen molar-refractivity contribution in [3.63, 3.8) is 0 Å². The molecule has 1 N–H and O–H groups in total. The van der Waals surface area contributed by atoms with Gasteiger partial charge in [-0.2, -0.15) is 5.26 Å². The van der Waals surface area contributed by atoms with Crippen molar-refractivity contribution in [2.24, 2.45) is 5.92 Å². The molecular formula is C17H17NO. The Morgan fingerprint density at radius 2 is 1.89 bits per heavy atom. The number of nitriles is 1. The van der Waals surface area contributed by atoms with Gasteiger partial charge < -0.3 is 5.11 Å². The molecule has 0 heterocycles. The molecule has 1 aliphatic rings. The minimum atomic E-state index is 0.263. The molecule has 0 saturated heterocycles. The highest BCUT2D eigenvalue weighted by Gasteiger charge is 2.29. The Kier molecular flexibility index (Phi) is 3.23. The Labute approximate surface area is 113 Å². The summed E-state index contributed by atoms with van der Waals surface area (Å²) in [5.41, 5.74) is 2.03. The lowest BCUT2D eigenvalue weighted by molar-refractivity contribution is 0.218. The van der Waals surface area contributed by atoms with Crippen molar-refractivity contribution in [2.75, 3.05) is 6.61 Å². The SMILES string of the molecule is N#Cc1ccc(C2CCCC2CO)c2ccccc12. The summed E-state index contributed by atoms with van der Waals surface area (Å²) in [7, 11) is 0. The Morgan fingerprint density at radius 1 is 1.11 bits per heavy atom. The third-order valence-electron chi connectivity index (χ3n) is 4.37. The zero-order valence-electron chi connectivity index (χ0n) is 10.8. The van der Waals surface area contributed by atoms with E-state index < -0.39 is 0 Å². The van der Waals surface area contributed by atoms with Gasteiger partial charge in [-0.25, -0.2) is 0 Å². The standard InChI is InChI=1S/C17H17NO/c18-10-12-8-9-17(15-7-3-4-13(15)11-19)16-6-2-1-5-14(12)16/h1-2,5-6,8-9,13,15,19H,3-4,7,11H2. The summed E-state index contributed by atoms with van der Waals surface area (Å²) >= 11 is 0. The first kappa shape index (κ1) is 12.2. The van der Waals surface area contributed by atoms with E-state index in [2.05, 4.69) is 18.2 Å². The zero-order valence-corrected chi connectivity index (χ0v) is 10.8. The predicted octanol–water partition coefficient (Wildman–Crippen LogP) is 3.59. The van der Waals surface area contributed by atoms with Crippen LogP contribution in [0.2, 0.25) is 0 Å². The molecule has 2 heteroatoms. The molecule has 2 unspecified atom stereocenters. The summed E-state index contributed by atoms with van der Waals surface area (Å²) in [5.74, 6) is 0.805. The first-order chi connectivity index (χ1) is 9.35. The van der Waals surface area contributed by atoms with E-state index in [1.807, 2.05) is 24.3 Å².